The Bertz CT molecular complexity index is 412. The minimum absolute atomic E-state index is 0.00324. The highest BCUT2D eigenvalue weighted by Crippen LogP contribution is 2.28. The molecule has 2 N–H and O–H groups in total. The van der Waals surface area contributed by atoms with E-state index in [4.69, 9.17) is 9.47 Å². The van der Waals surface area contributed by atoms with E-state index in [1.165, 1.54) is 0 Å². The molecule has 0 radical (unpaired) electrons. The maximum Gasteiger partial charge on any atom is 0.221 e. The standard InChI is InChI=1S/C13H18N2O3/c1-17-10-5-9(6-11(7-10)18-2)12-8-13(16)15-4-3-14-12/h5-7,12,14H,3-4,8H2,1-2H3,(H,15,16). The highest BCUT2D eigenvalue weighted by molar-refractivity contribution is 5.77. The van der Waals surface area contributed by atoms with Crippen LogP contribution in [-0.2, 0) is 4.79 Å². The van der Waals surface area contributed by atoms with Gasteiger partial charge in [-0.3, -0.25) is 4.79 Å². The monoisotopic (exact) mass is 250 g/mol. The average Bonchev–Trinajstić information content (AvgIpc) is 2.62. The van der Waals surface area contributed by atoms with Crippen LogP contribution in [0.5, 0.6) is 11.5 Å². The molecule has 0 aliphatic carbocycles. The minimum atomic E-state index is -0.00324. The summed E-state index contributed by atoms with van der Waals surface area (Å²) in [4.78, 5) is 11.6. The third-order valence-corrected chi connectivity index (χ3v) is 3.00. The van der Waals surface area contributed by atoms with Crippen LogP contribution >= 0.6 is 0 Å². The molecule has 1 amide bonds. The van der Waals surface area contributed by atoms with Gasteiger partial charge in [0.1, 0.15) is 11.5 Å². The van der Waals surface area contributed by atoms with E-state index < -0.39 is 0 Å². The van der Waals surface area contributed by atoms with Crippen molar-refractivity contribution in [3.05, 3.63) is 23.8 Å². The quantitative estimate of drug-likeness (QED) is 0.835. The van der Waals surface area contributed by atoms with Crippen molar-refractivity contribution in [3.63, 3.8) is 0 Å². The summed E-state index contributed by atoms with van der Waals surface area (Å²) in [5.74, 6) is 1.53. The molecule has 1 unspecified atom stereocenters. The highest BCUT2D eigenvalue weighted by Gasteiger charge is 2.19. The van der Waals surface area contributed by atoms with Crippen LogP contribution in [0.2, 0.25) is 0 Å². The molecule has 5 heteroatoms. The minimum Gasteiger partial charge on any atom is -0.497 e. The number of nitrogens with one attached hydrogen (secondary N) is 2. The first-order valence-electron chi connectivity index (χ1n) is 5.96. The summed E-state index contributed by atoms with van der Waals surface area (Å²) in [6.07, 6.45) is 0.427. The Morgan fingerprint density at radius 1 is 1.11 bits per heavy atom. The van der Waals surface area contributed by atoms with Crippen molar-refractivity contribution in [2.45, 2.75) is 12.5 Å². The maximum absolute atomic E-state index is 11.6. The Balaban J connectivity index is 2.27. The molecule has 5 nitrogen and oxygen atoms in total. The molecule has 0 spiro atoms. The number of methoxy groups -OCH3 is 2. The molecule has 1 aliphatic heterocycles. The normalized spacial score (nSPS) is 19.9. The first-order valence-corrected chi connectivity index (χ1v) is 5.96. The molecular formula is C13H18N2O3. The maximum atomic E-state index is 11.6. The van der Waals surface area contributed by atoms with Gasteiger partial charge in [-0.05, 0) is 17.7 Å². The Morgan fingerprint density at radius 2 is 1.78 bits per heavy atom. The zero-order valence-electron chi connectivity index (χ0n) is 10.7. The number of carbonyl (C=O) groups excluding carboxylic acids is 1. The third-order valence-electron chi connectivity index (χ3n) is 3.00. The third kappa shape index (κ3) is 2.92. The summed E-state index contributed by atoms with van der Waals surface area (Å²) in [6, 6.07) is 5.68. The van der Waals surface area contributed by atoms with Gasteiger partial charge in [0, 0.05) is 31.6 Å². The van der Waals surface area contributed by atoms with Crippen molar-refractivity contribution in [1.29, 1.82) is 0 Å². The summed E-state index contributed by atoms with van der Waals surface area (Å²) in [5.41, 5.74) is 1.00. The molecule has 1 atom stereocenters. The van der Waals surface area contributed by atoms with Gasteiger partial charge in [-0.25, -0.2) is 0 Å². The van der Waals surface area contributed by atoms with Crippen molar-refractivity contribution in [2.24, 2.45) is 0 Å². The molecule has 0 bridgehead atoms. The molecule has 1 aromatic rings. The zero-order chi connectivity index (χ0) is 13.0. The number of hydrogen-bond acceptors (Lipinski definition) is 4. The van der Waals surface area contributed by atoms with Crippen LogP contribution in [0.25, 0.3) is 0 Å². The number of ether oxygens (including phenoxy) is 2. The first-order chi connectivity index (χ1) is 8.72. The van der Waals surface area contributed by atoms with Crippen LogP contribution in [0.1, 0.15) is 18.0 Å². The summed E-state index contributed by atoms with van der Waals surface area (Å²) in [7, 11) is 3.23. The van der Waals surface area contributed by atoms with Gasteiger partial charge in [0.2, 0.25) is 5.91 Å². The Labute approximate surface area is 106 Å². The van der Waals surface area contributed by atoms with Gasteiger partial charge in [0.05, 0.1) is 14.2 Å². The van der Waals surface area contributed by atoms with Gasteiger partial charge < -0.3 is 20.1 Å². The van der Waals surface area contributed by atoms with E-state index in [0.29, 0.717) is 13.0 Å². The molecule has 18 heavy (non-hydrogen) atoms. The first kappa shape index (κ1) is 12.7. The largest absolute Gasteiger partial charge is 0.497 e. The number of carbonyl (C=O) groups is 1. The second-order valence-corrected chi connectivity index (χ2v) is 4.21. The van der Waals surface area contributed by atoms with Gasteiger partial charge in [0.25, 0.3) is 0 Å². The lowest BCUT2D eigenvalue weighted by atomic mass is 10.0. The van der Waals surface area contributed by atoms with Crippen molar-refractivity contribution in [2.75, 3.05) is 27.3 Å². The van der Waals surface area contributed by atoms with Crippen molar-refractivity contribution in [3.8, 4) is 11.5 Å². The fourth-order valence-electron chi connectivity index (χ4n) is 2.04. The molecule has 2 rings (SSSR count). The van der Waals surface area contributed by atoms with E-state index >= 15 is 0 Å². The van der Waals surface area contributed by atoms with Crippen LogP contribution in [0, 0.1) is 0 Å². The second kappa shape index (κ2) is 5.73. The predicted octanol–water partition coefficient (Wildman–Crippen LogP) is 0.854. The number of rotatable bonds is 3. The van der Waals surface area contributed by atoms with E-state index in [1.54, 1.807) is 14.2 Å². The zero-order valence-corrected chi connectivity index (χ0v) is 10.7. The lowest BCUT2D eigenvalue weighted by Gasteiger charge is -2.17. The molecule has 1 saturated heterocycles. The smallest absolute Gasteiger partial charge is 0.221 e. The SMILES string of the molecule is COc1cc(OC)cc(C2CC(=O)NCCN2)c1. The molecule has 1 fully saturated rings. The summed E-state index contributed by atoms with van der Waals surface area (Å²) >= 11 is 0. The topological polar surface area (TPSA) is 59.6 Å². The molecule has 0 aromatic heterocycles. The van der Waals surface area contributed by atoms with Gasteiger partial charge in [-0.2, -0.15) is 0 Å². The Hall–Kier alpha value is -1.75. The van der Waals surface area contributed by atoms with E-state index in [2.05, 4.69) is 10.6 Å². The molecular weight excluding hydrogens is 232 g/mol. The molecule has 0 saturated carbocycles. The highest BCUT2D eigenvalue weighted by atomic mass is 16.5. The van der Waals surface area contributed by atoms with E-state index in [1.807, 2.05) is 18.2 Å². The van der Waals surface area contributed by atoms with Crippen molar-refractivity contribution < 1.29 is 14.3 Å². The fourth-order valence-corrected chi connectivity index (χ4v) is 2.04. The number of benzene rings is 1. The van der Waals surface area contributed by atoms with Crippen LogP contribution in [0.3, 0.4) is 0 Å². The lowest BCUT2D eigenvalue weighted by Crippen LogP contribution is -2.24. The average molecular weight is 250 g/mol. The molecule has 1 aromatic carbocycles. The van der Waals surface area contributed by atoms with Crippen LogP contribution in [0.4, 0.5) is 0 Å². The van der Waals surface area contributed by atoms with Crippen LogP contribution in [0.15, 0.2) is 18.2 Å². The summed E-state index contributed by atoms with van der Waals surface area (Å²) in [6.45, 7) is 1.42. The predicted molar refractivity (Wildman–Crippen MR) is 67.9 cm³/mol. The Morgan fingerprint density at radius 3 is 2.39 bits per heavy atom. The molecule has 1 aliphatic rings. The Kier molecular flexibility index (Phi) is 4.04. The second-order valence-electron chi connectivity index (χ2n) is 4.21. The van der Waals surface area contributed by atoms with Crippen molar-refractivity contribution in [1.82, 2.24) is 10.6 Å². The summed E-state index contributed by atoms with van der Waals surface area (Å²) in [5, 5.41) is 6.17. The fraction of sp³-hybridized carbons (Fsp3) is 0.462. The van der Waals surface area contributed by atoms with Crippen LogP contribution in [-0.4, -0.2) is 33.2 Å². The molecule has 98 valence electrons. The van der Waals surface area contributed by atoms with Crippen LogP contribution < -0.4 is 20.1 Å². The van der Waals surface area contributed by atoms with Gasteiger partial charge in [-0.1, -0.05) is 0 Å². The van der Waals surface area contributed by atoms with E-state index in [-0.39, 0.29) is 11.9 Å². The molecule has 1 heterocycles. The van der Waals surface area contributed by atoms with Gasteiger partial charge in [-0.15, -0.1) is 0 Å². The number of hydrogen-bond donors (Lipinski definition) is 2. The van der Waals surface area contributed by atoms with E-state index in [0.717, 1.165) is 23.6 Å². The van der Waals surface area contributed by atoms with Gasteiger partial charge in [0.15, 0.2) is 0 Å². The lowest BCUT2D eigenvalue weighted by molar-refractivity contribution is -0.121. The van der Waals surface area contributed by atoms with Gasteiger partial charge >= 0.3 is 0 Å². The van der Waals surface area contributed by atoms with Crippen molar-refractivity contribution >= 4 is 5.91 Å². The summed E-state index contributed by atoms with van der Waals surface area (Å²) < 4.78 is 10.5. The van der Waals surface area contributed by atoms with E-state index in [9.17, 15) is 4.79 Å². The number of amides is 1.